The summed E-state index contributed by atoms with van der Waals surface area (Å²) in [5.74, 6) is -0.509. The molecule has 2 rings (SSSR count). The van der Waals surface area contributed by atoms with Gasteiger partial charge in [-0.05, 0) is 48.9 Å². The number of hydrogen-bond donors (Lipinski definition) is 1. The van der Waals surface area contributed by atoms with Crippen LogP contribution >= 0.6 is 0 Å². The Kier molecular flexibility index (Phi) is 5.22. The van der Waals surface area contributed by atoms with Gasteiger partial charge in [0, 0.05) is 11.8 Å². The molecule has 2 aromatic rings. The summed E-state index contributed by atoms with van der Waals surface area (Å²) in [5, 5.41) is 2.59. The molecule has 0 saturated heterocycles. The Balaban J connectivity index is 2.15. The third kappa shape index (κ3) is 4.82. The van der Waals surface area contributed by atoms with Crippen LogP contribution in [0.4, 0.5) is 13.2 Å². The van der Waals surface area contributed by atoms with E-state index in [2.05, 4.69) is 5.32 Å². The monoisotopic (exact) mass is 371 g/mol. The molecule has 0 radical (unpaired) electrons. The lowest BCUT2D eigenvalue weighted by Gasteiger charge is -2.16. The van der Waals surface area contributed by atoms with Crippen LogP contribution in [0, 0.1) is 0 Å². The van der Waals surface area contributed by atoms with E-state index < -0.39 is 33.5 Å². The number of amides is 1. The first kappa shape index (κ1) is 19.0. The van der Waals surface area contributed by atoms with Crippen molar-refractivity contribution in [3.8, 4) is 0 Å². The molecule has 0 aliphatic heterocycles. The average molecular weight is 371 g/mol. The molecule has 1 atom stereocenters. The van der Waals surface area contributed by atoms with Gasteiger partial charge in [0.1, 0.15) is 0 Å². The van der Waals surface area contributed by atoms with Crippen LogP contribution in [0.15, 0.2) is 53.4 Å². The molecule has 1 amide bonds. The predicted molar refractivity (Wildman–Crippen MR) is 86.9 cm³/mol. The third-order valence-electron chi connectivity index (χ3n) is 3.61. The molecular weight excluding hydrogens is 355 g/mol. The van der Waals surface area contributed by atoms with E-state index in [4.69, 9.17) is 0 Å². The van der Waals surface area contributed by atoms with Crippen LogP contribution in [0.3, 0.4) is 0 Å². The van der Waals surface area contributed by atoms with E-state index in [9.17, 15) is 26.4 Å². The summed E-state index contributed by atoms with van der Waals surface area (Å²) >= 11 is 0. The quantitative estimate of drug-likeness (QED) is 0.893. The van der Waals surface area contributed by atoms with Crippen molar-refractivity contribution in [3.05, 3.63) is 65.2 Å². The van der Waals surface area contributed by atoms with Gasteiger partial charge in [0.15, 0.2) is 9.84 Å². The number of hydrogen-bond acceptors (Lipinski definition) is 3. The maximum absolute atomic E-state index is 12.8. The fraction of sp³-hybridized carbons (Fsp3) is 0.235. The summed E-state index contributed by atoms with van der Waals surface area (Å²) in [6.45, 7) is 1.57. The number of alkyl halides is 3. The van der Waals surface area contributed by atoms with Crippen LogP contribution in [0.5, 0.6) is 0 Å². The van der Waals surface area contributed by atoms with E-state index >= 15 is 0 Å². The van der Waals surface area contributed by atoms with Crippen LogP contribution in [-0.4, -0.2) is 20.6 Å². The van der Waals surface area contributed by atoms with Gasteiger partial charge in [-0.25, -0.2) is 8.42 Å². The Bertz CT molecular complexity index is 875. The first-order valence-corrected chi connectivity index (χ1v) is 9.16. The summed E-state index contributed by atoms with van der Waals surface area (Å²) in [6.07, 6.45) is -3.40. The second kappa shape index (κ2) is 6.87. The molecule has 4 nitrogen and oxygen atoms in total. The lowest BCUT2D eigenvalue weighted by atomic mass is 10.0. The SMILES string of the molecule is C[C@@H](NC(=O)c1ccc(S(C)(=O)=O)cc1)c1cccc(C(F)(F)F)c1. The zero-order chi connectivity index (χ0) is 18.8. The first-order chi connectivity index (χ1) is 11.5. The highest BCUT2D eigenvalue weighted by atomic mass is 32.2. The Hall–Kier alpha value is -2.35. The molecule has 8 heteroatoms. The lowest BCUT2D eigenvalue weighted by Crippen LogP contribution is -2.26. The molecule has 0 heterocycles. The summed E-state index contributed by atoms with van der Waals surface area (Å²) < 4.78 is 61.1. The molecule has 0 bridgehead atoms. The van der Waals surface area contributed by atoms with Crippen molar-refractivity contribution in [1.82, 2.24) is 5.32 Å². The number of sulfone groups is 1. The third-order valence-corrected chi connectivity index (χ3v) is 4.73. The minimum absolute atomic E-state index is 0.0787. The largest absolute Gasteiger partial charge is 0.416 e. The van der Waals surface area contributed by atoms with Gasteiger partial charge in [-0.15, -0.1) is 0 Å². The maximum atomic E-state index is 12.8. The van der Waals surface area contributed by atoms with Crippen LogP contribution in [0.1, 0.15) is 34.5 Å². The van der Waals surface area contributed by atoms with Crippen LogP contribution in [-0.2, 0) is 16.0 Å². The molecule has 1 N–H and O–H groups in total. The van der Waals surface area contributed by atoms with Gasteiger partial charge in [-0.3, -0.25) is 4.79 Å². The molecule has 0 spiro atoms. The fourth-order valence-corrected chi connectivity index (χ4v) is 2.83. The second-order valence-corrected chi connectivity index (χ2v) is 7.63. The molecule has 0 aromatic heterocycles. The molecule has 0 aliphatic carbocycles. The van der Waals surface area contributed by atoms with Gasteiger partial charge in [-0.1, -0.05) is 12.1 Å². The number of rotatable bonds is 4. The molecule has 25 heavy (non-hydrogen) atoms. The average Bonchev–Trinajstić information content (AvgIpc) is 2.53. The first-order valence-electron chi connectivity index (χ1n) is 7.26. The minimum atomic E-state index is -4.46. The standard InChI is InChI=1S/C17H16F3NO3S/c1-11(13-4-3-5-14(10-13)17(18,19)20)21-16(22)12-6-8-15(9-7-12)25(2,23)24/h3-11H,1-2H3,(H,21,22)/t11-/m1/s1. The normalized spacial score (nSPS) is 13.3. The Labute approximate surface area is 143 Å². The molecule has 0 unspecified atom stereocenters. The van der Waals surface area contributed by atoms with Crippen molar-refractivity contribution >= 4 is 15.7 Å². The molecule has 134 valence electrons. The van der Waals surface area contributed by atoms with Gasteiger partial charge in [-0.2, -0.15) is 13.2 Å². The van der Waals surface area contributed by atoms with Gasteiger partial charge in [0.2, 0.25) is 0 Å². The van der Waals surface area contributed by atoms with Crippen molar-refractivity contribution in [2.24, 2.45) is 0 Å². The zero-order valence-electron chi connectivity index (χ0n) is 13.5. The van der Waals surface area contributed by atoms with Gasteiger partial charge >= 0.3 is 6.18 Å². The fourth-order valence-electron chi connectivity index (χ4n) is 2.20. The van der Waals surface area contributed by atoms with Crippen molar-refractivity contribution in [2.45, 2.75) is 24.0 Å². The molecule has 2 aromatic carbocycles. The van der Waals surface area contributed by atoms with E-state index in [0.717, 1.165) is 18.4 Å². The topological polar surface area (TPSA) is 63.2 Å². The smallest absolute Gasteiger partial charge is 0.346 e. The number of carbonyl (C=O) groups excluding carboxylic acids is 1. The van der Waals surface area contributed by atoms with Crippen molar-refractivity contribution in [1.29, 1.82) is 0 Å². The van der Waals surface area contributed by atoms with E-state index in [1.807, 2.05) is 0 Å². The van der Waals surface area contributed by atoms with E-state index in [1.165, 1.54) is 36.4 Å². The Morgan fingerprint density at radius 2 is 1.68 bits per heavy atom. The summed E-state index contributed by atoms with van der Waals surface area (Å²) in [4.78, 5) is 12.3. The van der Waals surface area contributed by atoms with E-state index in [1.54, 1.807) is 6.92 Å². The molecule has 0 saturated carbocycles. The molecule has 0 fully saturated rings. The maximum Gasteiger partial charge on any atom is 0.416 e. The predicted octanol–water partition coefficient (Wildman–Crippen LogP) is 3.60. The second-order valence-electron chi connectivity index (χ2n) is 5.61. The summed E-state index contributed by atoms with van der Waals surface area (Å²) in [6, 6.07) is 9.38. The van der Waals surface area contributed by atoms with Gasteiger partial charge in [0.05, 0.1) is 16.5 Å². The Morgan fingerprint density at radius 1 is 1.08 bits per heavy atom. The van der Waals surface area contributed by atoms with Crippen molar-refractivity contribution < 1.29 is 26.4 Å². The highest BCUT2D eigenvalue weighted by Gasteiger charge is 2.30. The number of carbonyl (C=O) groups is 1. The number of benzene rings is 2. The molecule has 0 aliphatic rings. The molecular formula is C17H16F3NO3S. The lowest BCUT2D eigenvalue weighted by molar-refractivity contribution is -0.137. The highest BCUT2D eigenvalue weighted by Crippen LogP contribution is 2.30. The van der Waals surface area contributed by atoms with Crippen molar-refractivity contribution in [2.75, 3.05) is 6.26 Å². The number of halogens is 3. The Morgan fingerprint density at radius 3 is 2.20 bits per heavy atom. The van der Waals surface area contributed by atoms with E-state index in [0.29, 0.717) is 5.56 Å². The summed E-state index contributed by atoms with van der Waals surface area (Å²) in [7, 11) is -3.37. The van der Waals surface area contributed by atoms with E-state index in [-0.39, 0.29) is 10.5 Å². The number of nitrogens with one attached hydrogen (secondary N) is 1. The van der Waals surface area contributed by atoms with Gasteiger partial charge < -0.3 is 5.32 Å². The summed E-state index contributed by atoms with van der Waals surface area (Å²) in [5.41, 5.74) is -0.259. The minimum Gasteiger partial charge on any atom is -0.346 e. The van der Waals surface area contributed by atoms with Crippen LogP contribution in [0.25, 0.3) is 0 Å². The van der Waals surface area contributed by atoms with Crippen LogP contribution < -0.4 is 5.32 Å². The van der Waals surface area contributed by atoms with Crippen LogP contribution in [0.2, 0.25) is 0 Å². The van der Waals surface area contributed by atoms with Gasteiger partial charge in [0.25, 0.3) is 5.91 Å². The van der Waals surface area contributed by atoms with Crippen molar-refractivity contribution in [3.63, 3.8) is 0 Å². The highest BCUT2D eigenvalue weighted by molar-refractivity contribution is 7.90. The zero-order valence-corrected chi connectivity index (χ0v) is 14.3.